The van der Waals surface area contributed by atoms with Crippen molar-refractivity contribution in [3.63, 3.8) is 0 Å². The summed E-state index contributed by atoms with van der Waals surface area (Å²) in [4.78, 5) is 11.7. The Morgan fingerprint density at radius 3 is 2.62 bits per heavy atom. The van der Waals surface area contributed by atoms with Crippen molar-refractivity contribution in [1.29, 1.82) is 0 Å². The number of aliphatic hydroxyl groups is 1. The van der Waals surface area contributed by atoms with E-state index in [1.165, 1.54) is 25.7 Å². The molecule has 0 radical (unpaired) electrons. The first-order chi connectivity index (χ1) is 9.99. The minimum absolute atomic E-state index is 0.198. The molecule has 0 heterocycles. The second kappa shape index (κ2) is 10.0. The molecule has 21 heavy (non-hydrogen) atoms. The molecule has 0 aromatic rings. The predicted octanol–water partition coefficient (Wildman–Crippen LogP) is 2.15. The molecular weight excluding hydrogens is 268 g/mol. The lowest BCUT2D eigenvalue weighted by Crippen LogP contribution is -2.43. The zero-order valence-corrected chi connectivity index (χ0v) is 13.7. The van der Waals surface area contributed by atoms with Crippen LogP contribution in [-0.4, -0.2) is 43.5 Å². The number of urea groups is 1. The van der Waals surface area contributed by atoms with E-state index in [0.717, 1.165) is 6.54 Å². The molecule has 0 bridgehead atoms. The third-order valence-electron chi connectivity index (χ3n) is 4.07. The van der Waals surface area contributed by atoms with Gasteiger partial charge in [0, 0.05) is 19.7 Å². The summed E-state index contributed by atoms with van der Waals surface area (Å²) in [6.45, 7) is 8.23. The van der Waals surface area contributed by atoms with E-state index in [9.17, 15) is 9.90 Å². The summed E-state index contributed by atoms with van der Waals surface area (Å²) in [6.07, 6.45) is 4.40. The standard InChI is InChI=1S/C16H32N2O3/c1-12(2)10-21-11-15(19)9-18-16(20)17-8-14-7-5-4-6-13(14)3/h12-15,19H,4-11H2,1-3H3,(H2,17,18,20). The molecule has 1 saturated carbocycles. The van der Waals surface area contributed by atoms with Gasteiger partial charge in [-0.2, -0.15) is 0 Å². The Morgan fingerprint density at radius 1 is 1.24 bits per heavy atom. The minimum Gasteiger partial charge on any atom is -0.389 e. The molecule has 3 N–H and O–H groups in total. The molecule has 0 saturated heterocycles. The second-order valence-electron chi connectivity index (χ2n) is 6.70. The monoisotopic (exact) mass is 300 g/mol. The Bertz CT molecular complexity index is 297. The lowest BCUT2D eigenvalue weighted by atomic mass is 9.80. The highest BCUT2D eigenvalue weighted by molar-refractivity contribution is 5.73. The van der Waals surface area contributed by atoms with Crippen LogP contribution in [0.4, 0.5) is 4.79 Å². The summed E-state index contributed by atoms with van der Waals surface area (Å²) in [5, 5.41) is 15.3. The number of rotatable bonds is 8. The topological polar surface area (TPSA) is 70.6 Å². The van der Waals surface area contributed by atoms with Gasteiger partial charge in [-0.15, -0.1) is 0 Å². The largest absolute Gasteiger partial charge is 0.389 e. The minimum atomic E-state index is -0.650. The molecule has 5 nitrogen and oxygen atoms in total. The van der Waals surface area contributed by atoms with Gasteiger partial charge in [-0.1, -0.05) is 40.0 Å². The van der Waals surface area contributed by atoms with Crippen LogP contribution >= 0.6 is 0 Å². The van der Waals surface area contributed by atoms with Gasteiger partial charge in [-0.05, 0) is 24.2 Å². The van der Waals surface area contributed by atoms with E-state index < -0.39 is 6.10 Å². The van der Waals surface area contributed by atoms with E-state index in [-0.39, 0.29) is 19.2 Å². The van der Waals surface area contributed by atoms with Gasteiger partial charge in [0.15, 0.2) is 0 Å². The highest BCUT2D eigenvalue weighted by Crippen LogP contribution is 2.28. The van der Waals surface area contributed by atoms with E-state index in [1.54, 1.807) is 0 Å². The fourth-order valence-electron chi connectivity index (χ4n) is 2.69. The highest BCUT2D eigenvalue weighted by atomic mass is 16.5. The summed E-state index contributed by atoms with van der Waals surface area (Å²) in [5.41, 5.74) is 0. The van der Waals surface area contributed by atoms with Crippen LogP contribution < -0.4 is 10.6 Å². The van der Waals surface area contributed by atoms with Crippen LogP contribution in [0.25, 0.3) is 0 Å². The third-order valence-corrected chi connectivity index (χ3v) is 4.07. The van der Waals surface area contributed by atoms with E-state index in [1.807, 2.05) is 0 Å². The van der Waals surface area contributed by atoms with Crippen molar-refractivity contribution in [3.8, 4) is 0 Å². The number of carbonyl (C=O) groups is 1. The smallest absolute Gasteiger partial charge is 0.314 e. The van der Waals surface area contributed by atoms with Crippen LogP contribution in [0.1, 0.15) is 46.5 Å². The molecule has 0 aliphatic heterocycles. The fraction of sp³-hybridized carbons (Fsp3) is 0.938. The van der Waals surface area contributed by atoms with Crippen molar-refractivity contribution in [1.82, 2.24) is 10.6 Å². The van der Waals surface area contributed by atoms with Crippen LogP contribution in [0, 0.1) is 17.8 Å². The number of hydrogen-bond acceptors (Lipinski definition) is 3. The summed E-state index contributed by atoms with van der Waals surface area (Å²) >= 11 is 0. The van der Waals surface area contributed by atoms with Crippen molar-refractivity contribution in [2.24, 2.45) is 17.8 Å². The molecule has 5 heteroatoms. The molecule has 1 rings (SSSR count). The summed E-state index contributed by atoms with van der Waals surface area (Å²) < 4.78 is 5.34. The van der Waals surface area contributed by atoms with Crippen molar-refractivity contribution in [2.75, 3.05) is 26.3 Å². The predicted molar refractivity (Wildman–Crippen MR) is 84.2 cm³/mol. The average molecular weight is 300 g/mol. The van der Waals surface area contributed by atoms with Crippen LogP contribution in [0.5, 0.6) is 0 Å². The zero-order chi connectivity index (χ0) is 15.7. The van der Waals surface area contributed by atoms with E-state index in [0.29, 0.717) is 24.4 Å². The summed E-state index contributed by atoms with van der Waals surface area (Å²) in [5.74, 6) is 1.73. The molecule has 0 aromatic carbocycles. The number of amides is 2. The maximum Gasteiger partial charge on any atom is 0.314 e. The van der Waals surface area contributed by atoms with E-state index in [4.69, 9.17) is 4.74 Å². The van der Waals surface area contributed by atoms with Crippen molar-refractivity contribution >= 4 is 6.03 Å². The maximum absolute atomic E-state index is 11.7. The van der Waals surface area contributed by atoms with Gasteiger partial charge in [0.2, 0.25) is 0 Å². The van der Waals surface area contributed by atoms with Crippen molar-refractivity contribution < 1.29 is 14.6 Å². The van der Waals surface area contributed by atoms with Crippen LogP contribution in [0.2, 0.25) is 0 Å². The first-order valence-corrected chi connectivity index (χ1v) is 8.26. The molecule has 1 aliphatic carbocycles. The molecule has 0 aromatic heterocycles. The Hall–Kier alpha value is -0.810. The lowest BCUT2D eigenvalue weighted by Gasteiger charge is -2.28. The van der Waals surface area contributed by atoms with Gasteiger partial charge in [-0.3, -0.25) is 0 Å². The Labute approximate surface area is 128 Å². The van der Waals surface area contributed by atoms with Crippen molar-refractivity contribution in [3.05, 3.63) is 0 Å². The molecule has 1 aliphatic rings. The van der Waals surface area contributed by atoms with Gasteiger partial charge in [0.05, 0.1) is 12.7 Å². The molecule has 3 unspecified atom stereocenters. The Kier molecular flexibility index (Phi) is 8.69. The Morgan fingerprint density at radius 2 is 1.95 bits per heavy atom. The van der Waals surface area contributed by atoms with Gasteiger partial charge in [0.25, 0.3) is 0 Å². The second-order valence-corrected chi connectivity index (χ2v) is 6.70. The molecule has 124 valence electrons. The van der Waals surface area contributed by atoms with E-state index in [2.05, 4.69) is 31.4 Å². The number of nitrogens with one attached hydrogen (secondary N) is 2. The van der Waals surface area contributed by atoms with Gasteiger partial charge < -0.3 is 20.5 Å². The average Bonchev–Trinajstić information content (AvgIpc) is 2.44. The zero-order valence-electron chi connectivity index (χ0n) is 13.7. The SMILES string of the molecule is CC(C)COCC(O)CNC(=O)NCC1CCCCC1C. The van der Waals surface area contributed by atoms with Gasteiger partial charge in [0.1, 0.15) is 0 Å². The molecule has 2 amide bonds. The van der Waals surface area contributed by atoms with Crippen LogP contribution in [0.15, 0.2) is 0 Å². The summed E-state index contributed by atoms with van der Waals surface area (Å²) in [6, 6.07) is -0.198. The van der Waals surface area contributed by atoms with Crippen molar-refractivity contribution in [2.45, 2.75) is 52.6 Å². The highest BCUT2D eigenvalue weighted by Gasteiger charge is 2.21. The number of carbonyl (C=O) groups excluding carboxylic acids is 1. The third kappa shape index (κ3) is 8.27. The normalized spacial score (nSPS) is 23.9. The molecular formula is C16H32N2O3. The fourth-order valence-corrected chi connectivity index (χ4v) is 2.69. The van der Waals surface area contributed by atoms with Crippen LogP contribution in [-0.2, 0) is 4.74 Å². The van der Waals surface area contributed by atoms with Gasteiger partial charge >= 0.3 is 6.03 Å². The number of ether oxygens (including phenoxy) is 1. The van der Waals surface area contributed by atoms with Gasteiger partial charge in [-0.25, -0.2) is 4.79 Å². The maximum atomic E-state index is 11.7. The molecule has 3 atom stereocenters. The van der Waals surface area contributed by atoms with Crippen LogP contribution in [0.3, 0.4) is 0 Å². The van der Waals surface area contributed by atoms with E-state index >= 15 is 0 Å². The first kappa shape index (κ1) is 18.2. The molecule has 0 spiro atoms. The summed E-state index contributed by atoms with van der Waals surface area (Å²) in [7, 11) is 0. The Balaban J connectivity index is 2.07. The lowest BCUT2D eigenvalue weighted by molar-refractivity contribution is 0.0272. The molecule has 1 fully saturated rings. The number of hydrogen-bond donors (Lipinski definition) is 3. The number of aliphatic hydroxyl groups excluding tert-OH is 1. The first-order valence-electron chi connectivity index (χ1n) is 8.26. The quantitative estimate of drug-likeness (QED) is 0.643.